The van der Waals surface area contributed by atoms with Gasteiger partial charge in [0.2, 0.25) is 10.0 Å². The minimum absolute atomic E-state index is 0.0651. The highest BCUT2D eigenvalue weighted by atomic mass is 32.2. The van der Waals surface area contributed by atoms with E-state index in [1.165, 1.54) is 32.3 Å². The number of hydrogen-bond donors (Lipinski definition) is 2. The van der Waals surface area contributed by atoms with Crippen LogP contribution in [0.1, 0.15) is 0 Å². The van der Waals surface area contributed by atoms with Crippen molar-refractivity contribution >= 4 is 15.7 Å². The van der Waals surface area contributed by atoms with E-state index in [1.807, 2.05) is 0 Å². The number of aliphatic hydroxyl groups excluding tert-OH is 1. The van der Waals surface area contributed by atoms with Crippen molar-refractivity contribution in [1.29, 1.82) is 0 Å². The summed E-state index contributed by atoms with van der Waals surface area (Å²) in [6.07, 6.45) is 0. The van der Waals surface area contributed by atoms with Crippen LogP contribution in [0, 0.1) is 0 Å². The molecule has 0 bridgehead atoms. The minimum Gasteiger partial charge on any atom is -0.489 e. The van der Waals surface area contributed by atoms with Crippen molar-refractivity contribution in [3.63, 3.8) is 0 Å². The lowest BCUT2D eigenvalue weighted by Crippen LogP contribution is -2.22. The lowest BCUT2D eigenvalue weighted by atomic mass is 10.3. The predicted molar refractivity (Wildman–Crippen MR) is 64.3 cm³/mol. The zero-order valence-corrected chi connectivity index (χ0v) is 10.6. The molecule has 0 aliphatic carbocycles. The highest BCUT2D eigenvalue weighted by Crippen LogP contribution is 2.26. The van der Waals surface area contributed by atoms with Gasteiger partial charge in [-0.1, -0.05) is 0 Å². The van der Waals surface area contributed by atoms with Crippen LogP contribution in [0.4, 0.5) is 5.69 Å². The fourth-order valence-corrected chi connectivity index (χ4v) is 2.08. The Balaban J connectivity index is 3.13. The molecule has 0 amide bonds. The van der Waals surface area contributed by atoms with Gasteiger partial charge in [-0.3, -0.25) is 0 Å². The molecule has 0 aliphatic heterocycles. The van der Waals surface area contributed by atoms with E-state index in [9.17, 15) is 8.42 Å². The highest BCUT2D eigenvalue weighted by molar-refractivity contribution is 7.89. The monoisotopic (exact) mass is 260 g/mol. The fourth-order valence-electron chi connectivity index (χ4n) is 1.17. The van der Waals surface area contributed by atoms with Crippen LogP contribution < -0.4 is 10.5 Å². The van der Waals surface area contributed by atoms with E-state index in [4.69, 9.17) is 15.6 Å². The van der Waals surface area contributed by atoms with Crippen molar-refractivity contribution in [1.82, 2.24) is 4.31 Å². The van der Waals surface area contributed by atoms with E-state index in [1.54, 1.807) is 0 Å². The van der Waals surface area contributed by atoms with Gasteiger partial charge in [0, 0.05) is 20.2 Å². The summed E-state index contributed by atoms with van der Waals surface area (Å²) >= 11 is 0. The Morgan fingerprint density at radius 2 is 2.06 bits per heavy atom. The molecule has 1 aromatic rings. The van der Waals surface area contributed by atoms with Gasteiger partial charge in [-0.05, 0) is 12.1 Å². The van der Waals surface area contributed by atoms with Crippen LogP contribution in [-0.2, 0) is 10.0 Å². The topological polar surface area (TPSA) is 92.9 Å². The SMILES string of the molecule is CN(C)S(=O)(=O)c1ccc(N)c(OCCO)c1. The van der Waals surface area contributed by atoms with Crippen LogP contribution in [0.5, 0.6) is 5.75 Å². The molecule has 7 heteroatoms. The van der Waals surface area contributed by atoms with Gasteiger partial charge in [-0.15, -0.1) is 0 Å². The number of nitrogens with zero attached hydrogens (tertiary/aromatic N) is 1. The van der Waals surface area contributed by atoms with Gasteiger partial charge in [-0.2, -0.15) is 0 Å². The van der Waals surface area contributed by atoms with Crippen molar-refractivity contribution < 1.29 is 18.3 Å². The van der Waals surface area contributed by atoms with Crippen molar-refractivity contribution in [2.75, 3.05) is 33.0 Å². The number of nitrogen functional groups attached to an aromatic ring is 1. The first kappa shape index (κ1) is 13.8. The summed E-state index contributed by atoms with van der Waals surface area (Å²) in [7, 11) is -0.617. The predicted octanol–water partition coefficient (Wildman–Crippen LogP) is -0.110. The van der Waals surface area contributed by atoms with Gasteiger partial charge in [0.15, 0.2) is 0 Å². The van der Waals surface area contributed by atoms with Gasteiger partial charge < -0.3 is 15.6 Å². The Bertz CT molecular complexity index is 485. The second kappa shape index (κ2) is 5.35. The van der Waals surface area contributed by atoms with E-state index < -0.39 is 10.0 Å². The van der Waals surface area contributed by atoms with Crippen molar-refractivity contribution in [3.05, 3.63) is 18.2 Å². The zero-order chi connectivity index (χ0) is 13.1. The summed E-state index contributed by atoms with van der Waals surface area (Å²) in [5, 5.41) is 8.64. The molecular weight excluding hydrogens is 244 g/mol. The molecule has 1 aromatic carbocycles. The standard InChI is InChI=1S/C10H16N2O4S/c1-12(2)17(14,15)8-3-4-9(11)10(7-8)16-6-5-13/h3-4,7,13H,5-6,11H2,1-2H3. The Kier molecular flexibility index (Phi) is 4.33. The van der Waals surface area contributed by atoms with Gasteiger partial charge in [0.1, 0.15) is 12.4 Å². The molecule has 0 heterocycles. The lowest BCUT2D eigenvalue weighted by molar-refractivity contribution is 0.202. The average Bonchev–Trinajstić information content (AvgIpc) is 2.27. The average molecular weight is 260 g/mol. The fraction of sp³-hybridized carbons (Fsp3) is 0.400. The van der Waals surface area contributed by atoms with Crippen LogP contribution in [-0.4, -0.2) is 45.1 Å². The molecule has 0 aromatic heterocycles. The highest BCUT2D eigenvalue weighted by Gasteiger charge is 2.18. The van der Waals surface area contributed by atoms with Crippen LogP contribution in [0.15, 0.2) is 23.1 Å². The normalized spacial score (nSPS) is 11.8. The number of ether oxygens (including phenoxy) is 1. The lowest BCUT2D eigenvalue weighted by Gasteiger charge is -2.13. The first-order valence-corrected chi connectivity index (χ1v) is 6.39. The number of hydrogen-bond acceptors (Lipinski definition) is 5. The summed E-state index contributed by atoms with van der Waals surface area (Å²) in [5.74, 6) is 0.252. The molecule has 0 saturated heterocycles. The second-order valence-electron chi connectivity index (χ2n) is 3.56. The smallest absolute Gasteiger partial charge is 0.242 e. The first-order valence-electron chi connectivity index (χ1n) is 4.95. The molecule has 6 nitrogen and oxygen atoms in total. The molecular formula is C10H16N2O4S. The van der Waals surface area contributed by atoms with Crippen LogP contribution in [0.25, 0.3) is 0 Å². The molecule has 17 heavy (non-hydrogen) atoms. The second-order valence-corrected chi connectivity index (χ2v) is 5.71. The maximum atomic E-state index is 11.8. The number of anilines is 1. The number of aliphatic hydroxyl groups is 1. The summed E-state index contributed by atoms with van der Waals surface area (Å²) in [5.41, 5.74) is 5.96. The third kappa shape index (κ3) is 3.09. The van der Waals surface area contributed by atoms with Crippen molar-refractivity contribution in [2.24, 2.45) is 0 Å². The maximum absolute atomic E-state index is 11.8. The first-order chi connectivity index (χ1) is 7.89. The van der Waals surface area contributed by atoms with Gasteiger partial charge in [-0.25, -0.2) is 12.7 Å². The van der Waals surface area contributed by atoms with E-state index in [2.05, 4.69) is 0 Å². The Hall–Kier alpha value is -1.31. The minimum atomic E-state index is -3.51. The molecule has 0 atom stereocenters. The summed E-state index contributed by atoms with van der Waals surface area (Å²) < 4.78 is 29.9. The van der Waals surface area contributed by atoms with E-state index >= 15 is 0 Å². The molecule has 3 N–H and O–H groups in total. The quantitative estimate of drug-likeness (QED) is 0.721. The summed E-state index contributed by atoms with van der Waals surface area (Å²) in [6.45, 7) is -0.0975. The number of benzene rings is 1. The summed E-state index contributed by atoms with van der Waals surface area (Å²) in [4.78, 5) is 0.102. The van der Waals surface area contributed by atoms with Crippen LogP contribution in [0.2, 0.25) is 0 Å². The van der Waals surface area contributed by atoms with E-state index in [0.29, 0.717) is 5.69 Å². The molecule has 1 rings (SSSR count). The molecule has 96 valence electrons. The summed E-state index contributed by atoms with van der Waals surface area (Å²) in [6, 6.07) is 4.22. The Morgan fingerprint density at radius 3 is 2.59 bits per heavy atom. The van der Waals surface area contributed by atoms with E-state index in [0.717, 1.165) is 4.31 Å². The molecule has 0 fully saturated rings. The van der Waals surface area contributed by atoms with Gasteiger partial charge >= 0.3 is 0 Å². The number of sulfonamides is 1. The molecule has 0 radical (unpaired) electrons. The third-order valence-corrected chi connectivity index (χ3v) is 3.92. The Labute approximate surface area is 101 Å². The van der Waals surface area contributed by atoms with E-state index in [-0.39, 0.29) is 23.9 Å². The number of nitrogens with two attached hydrogens (primary N) is 1. The Morgan fingerprint density at radius 1 is 1.41 bits per heavy atom. The molecule has 0 aliphatic rings. The molecule has 0 saturated carbocycles. The number of rotatable bonds is 5. The zero-order valence-electron chi connectivity index (χ0n) is 9.75. The van der Waals surface area contributed by atoms with Crippen molar-refractivity contribution in [3.8, 4) is 5.75 Å². The molecule has 0 unspecified atom stereocenters. The van der Waals surface area contributed by atoms with Gasteiger partial charge in [0.25, 0.3) is 0 Å². The third-order valence-electron chi connectivity index (χ3n) is 2.11. The largest absolute Gasteiger partial charge is 0.489 e. The van der Waals surface area contributed by atoms with Crippen LogP contribution in [0.3, 0.4) is 0 Å². The van der Waals surface area contributed by atoms with Crippen LogP contribution >= 0.6 is 0 Å². The van der Waals surface area contributed by atoms with Crippen molar-refractivity contribution in [2.45, 2.75) is 4.90 Å². The maximum Gasteiger partial charge on any atom is 0.242 e. The molecule has 0 spiro atoms. The van der Waals surface area contributed by atoms with Gasteiger partial charge in [0.05, 0.1) is 17.2 Å².